The monoisotopic (exact) mass is 617 g/mol. The maximum Gasteiger partial charge on any atom is 0.243 e. The standard InChI is InChI=1S/C31H37Cl2N3O4S/c1-4-18-34-31(38)29(20-24-12-6-5-7-13-24)35(22-25-14-9-8-11-23(25)2)30(37)15-10-19-36(41(3,39)40)28-21-26(32)16-17-27(28)33/h5-9,11-14,16-17,21,29H,4,10,15,18-20,22H2,1-3H3,(H,34,38)/t29-/m0/s1. The van der Waals surface area contributed by atoms with Gasteiger partial charge in [-0.3, -0.25) is 13.9 Å². The Morgan fingerprint density at radius 1 is 0.976 bits per heavy atom. The molecule has 0 aromatic heterocycles. The van der Waals surface area contributed by atoms with Crippen LogP contribution in [0, 0.1) is 6.92 Å². The number of hydrogen-bond donors (Lipinski definition) is 1. The van der Waals surface area contributed by atoms with Crippen LogP contribution in [0.4, 0.5) is 5.69 Å². The predicted octanol–water partition coefficient (Wildman–Crippen LogP) is 6.01. The Labute approximate surface area is 253 Å². The smallest absolute Gasteiger partial charge is 0.243 e. The van der Waals surface area contributed by atoms with Crippen LogP contribution in [-0.2, 0) is 32.6 Å². The summed E-state index contributed by atoms with van der Waals surface area (Å²) in [5.41, 5.74) is 3.14. The quantitative estimate of drug-likeness (QED) is 0.240. The number of nitrogens with zero attached hydrogens (tertiary/aromatic N) is 2. The molecular weight excluding hydrogens is 581 g/mol. The average molecular weight is 619 g/mol. The number of amides is 2. The summed E-state index contributed by atoms with van der Waals surface area (Å²) in [6.45, 7) is 4.72. The molecule has 1 atom stereocenters. The molecule has 7 nitrogen and oxygen atoms in total. The van der Waals surface area contributed by atoms with Crippen molar-refractivity contribution in [2.24, 2.45) is 0 Å². The van der Waals surface area contributed by atoms with Crippen molar-refractivity contribution in [2.45, 2.75) is 52.1 Å². The molecule has 0 unspecified atom stereocenters. The maximum absolute atomic E-state index is 13.9. The Hall–Kier alpha value is -3.07. The van der Waals surface area contributed by atoms with Gasteiger partial charge in [0, 0.05) is 37.5 Å². The lowest BCUT2D eigenvalue weighted by Gasteiger charge is -2.32. The van der Waals surface area contributed by atoms with Crippen molar-refractivity contribution in [2.75, 3.05) is 23.7 Å². The highest BCUT2D eigenvalue weighted by atomic mass is 35.5. The molecule has 0 bridgehead atoms. The van der Waals surface area contributed by atoms with Crippen molar-refractivity contribution in [1.82, 2.24) is 10.2 Å². The second kappa shape index (κ2) is 15.2. The van der Waals surface area contributed by atoms with Crippen molar-refractivity contribution in [1.29, 1.82) is 0 Å². The number of sulfonamides is 1. The number of carbonyl (C=O) groups excluding carboxylic acids is 2. The number of benzene rings is 3. The molecule has 0 saturated heterocycles. The van der Waals surface area contributed by atoms with E-state index < -0.39 is 16.1 Å². The fourth-order valence-corrected chi connectivity index (χ4v) is 5.96. The summed E-state index contributed by atoms with van der Waals surface area (Å²) in [6.07, 6.45) is 2.45. The molecule has 0 saturated carbocycles. The summed E-state index contributed by atoms with van der Waals surface area (Å²) in [7, 11) is -3.71. The molecule has 0 fully saturated rings. The Morgan fingerprint density at radius 2 is 1.66 bits per heavy atom. The van der Waals surface area contributed by atoms with Crippen LogP contribution in [0.25, 0.3) is 0 Å². The number of carbonyl (C=O) groups is 2. The van der Waals surface area contributed by atoms with Crippen LogP contribution in [0.3, 0.4) is 0 Å². The third kappa shape index (κ3) is 9.48. The highest BCUT2D eigenvalue weighted by molar-refractivity contribution is 7.92. The van der Waals surface area contributed by atoms with E-state index in [1.807, 2.05) is 68.4 Å². The fourth-order valence-electron chi connectivity index (χ4n) is 4.55. The van der Waals surface area contributed by atoms with E-state index in [0.717, 1.165) is 33.7 Å². The van der Waals surface area contributed by atoms with E-state index in [9.17, 15) is 18.0 Å². The fraction of sp³-hybridized carbons (Fsp3) is 0.355. The van der Waals surface area contributed by atoms with Gasteiger partial charge in [-0.15, -0.1) is 0 Å². The van der Waals surface area contributed by atoms with Crippen LogP contribution in [0.15, 0.2) is 72.8 Å². The normalized spacial score (nSPS) is 12.0. The third-order valence-corrected chi connectivity index (χ3v) is 8.49. The molecule has 3 aromatic carbocycles. The summed E-state index contributed by atoms with van der Waals surface area (Å²) in [4.78, 5) is 29.0. The molecule has 0 aliphatic rings. The number of anilines is 1. The van der Waals surface area contributed by atoms with Gasteiger partial charge in [-0.25, -0.2) is 8.42 Å². The van der Waals surface area contributed by atoms with Gasteiger partial charge >= 0.3 is 0 Å². The van der Waals surface area contributed by atoms with Crippen molar-refractivity contribution < 1.29 is 18.0 Å². The summed E-state index contributed by atoms with van der Waals surface area (Å²) >= 11 is 12.4. The van der Waals surface area contributed by atoms with E-state index >= 15 is 0 Å². The maximum atomic E-state index is 13.9. The third-order valence-electron chi connectivity index (χ3n) is 6.75. The van der Waals surface area contributed by atoms with E-state index in [4.69, 9.17) is 23.2 Å². The van der Waals surface area contributed by atoms with E-state index in [0.29, 0.717) is 18.0 Å². The molecular formula is C31H37Cl2N3O4S. The van der Waals surface area contributed by atoms with Gasteiger partial charge in [-0.05, 0) is 54.7 Å². The Kier molecular flexibility index (Phi) is 12.1. The van der Waals surface area contributed by atoms with Crippen LogP contribution >= 0.6 is 23.2 Å². The minimum Gasteiger partial charge on any atom is -0.354 e. The average Bonchev–Trinajstić information content (AvgIpc) is 2.94. The lowest BCUT2D eigenvalue weighted by atomic mass is 10.0. The minimum atomic E-state index is -3.71. The largest absolute Gasteiger partial charge is 0.354 e. The van der Waals surface area contributed by atoms with E-state index in [1.165, 1.54) is 12.1 Å². The number of nitrogens with one attached hydrogen (secondary N) is 1. The predicted molar refractivity (Wildman–Crippen MR) is 167 cm³/mol. The number of aryl methyl sites for hydroxylation is 1. The van der Waals surface area contributed by atoms with Gasteiger partial charge in [0.15, 0.2) is 0 Å². The first-order chi connectivity index (χ1) is 19.5. The minimum absolute atomic E-state index is 0.0220. The summed E-state index contributed by atoms with van der Waals surface area (Å²) in [5.74, 6) is -0.465. The first-order valence-electron chi connectivity index (χ1n) is 13.6. The van der Waals surface area contributed by atoms with Gasteiger partial charge in [-0.1, -0.05) is 84.7 Å². The van der Waals surface area contributed by atoms with Crippen molar-refractivity contribution in [3.63, 3.8) is 0 Å². The first-order valence-corrected chi connectivity index (χ1v) is 16.2. The molecule has 41 heavy (non-hydrogen) atoms. The Bertz CT molecular complexity index is 1430. The lowest BCUT2D eigenvalue weighted by molar-refractivity contribution is -0.141. The van der Waals surface area contributed by atoms with Crippen molar-refractivity contribution >= 4 is 50.7 Å². The molecule has 0 aliphatic heterocycles. The second-order valence-corrected chi connectivity index (χ2v) is 12.7. The molecule has 220 valence electrons. The number of hydrogen-bond acceptors (Lipinski definition) is 4. The van der Waals surface area contributed by atoms with Crippen LogP contribution in [0.2, 0.25) is 10.0 Å². The Morgan fingerprint density at radius 3 is 2.32 bits per heavy atom. The zero-order chi connectivity index (χ0) is 30.0. The summed E-state index contributed by atoms with van der Waals surface area (Å²) in [5, 5.41) is 3.55. The van der Waals surface area contributed by atoms with Gasteiger partial charge in [0.25, 0.3) is 0 Å². The zero-order valence-electron chi connectivity index (χ0n) is 23.6. The number of halogens is 2. The summed E-state index contributed by atoms with van der Waals surface area (Å²) in [6, 6.07) is 21.2. The molecule has 1 N–H and O–H groups in total. The van der Waals surface area contributed by atoms with Crippen molar-refractivity contribution in [3.8, 4) is 0 Å². The number of rotatable bonds is 14. The van der Waals surface area contributed by atoms with Crippen LogP contribution in [0.1, 0.15) is 42.9 Å². The first kappa shape index (κ1) is 32.4. The Balaban J connectivity index is 1.90. The molecule has 3 aromatic rings. The molecule has 0 spiro atoms. The second-order valence-electron chi connectivity index (χ2n) is 9.98. The van der Waals surface area contributed by atoms with Gasteiger partial charge in [-0.2, -0.15) is 0 Å². The zero-order valence-corrected chi connectivity index (χ0v) is 26.0. The molecule has 0 heterocycles. The molecule has 0 aliphatic carbocycles. The summed E-state index contributed by atoms with van der Waals surface area (Å²) < 4.78 is 26.5. The van der Waals surface area contributed by atoms with E-state index in [2.05, 4.69) is 5.32 Å². The topological polar surface area (TPSA) is 86.8 Å². The molecule has 0 radical (unpaired) electrons. The van der Waals surface area contributed by atoms with Gasteiger partial charge in [0.1, 0.15) is 6.04 Å². The molecule has 10 heteroatoms. The van der Waals surface area contributed by atoms with Gasteiger partial charge in [0.2, 0.25) is 21.8 Å². The highest BCUT2D eigenvalue weighted by Crippen LogP contribution is 2.31. The van der Waals surface area contributed by atoms with Crippen molar-refractivity contribution in [3.05, 3.63) is 99.5 Å². The molecule has 3 rings (SSSR count). The lowest BCUT2D eigenvalue weighted by Crippen LogP contribution is -2.50. The van der Waals surface area contributed by atoms with Crippen LogP contribution in [0.5, 0.6) is 0 Å². The van der Waals surface area contributed by atoms with E-state index in [1.54, 1.807) is 11.0 Å². The highest BCUT2D eigenvalue weighted by Gasteiger charge is 2.31. The molecule has 2 amide bonds. The van der Waals surface area contributed by atoms with Gasteiger partial charge < -0.3 is 10.2 Å². The van der Waals surface area contributed by atoms with Gasteiger partial charge in [0.05, 0.1) is 17.0 Å². The van der Waals surface area contributed by atoms with Crippen LogP contribution < -0.4 is 9.62 Å². The van der Waals surface area contributed by atoms with Crippen LogP contribution in [-0.4, -0.2) is 50.5 Å². The SMILES string of the molecule is CCCNC(=O)[C@H](Cc1ccccc1)N(Cc1ccccc1C)C(=O)CCCN(c1cc(Cl)ccc1Cl)S(C)(=O)=O. The van der Waals surface area contributed by atoms with E-state index in [-0.39, 0.29) is 48.5 Å².